The molecule has 5 unspecified atom stereocenters. The number of carbonyl (C=O) groups is 2. The van der Waals surface area contributed by atoms with E-state index in [-0.39, 0.29) is 11.8 Å². The second-order valence-corrected chi connectivity index (χ2v) is 11.8. The van der Waals surface area contributed by atoms with Gasteiger partial charge in [-0.1, -0.05) is 6.42 Å². The number of pyridine rings is 1. The molecule has 2 amide bonds. The Kier molecular flexibility index (Phi) is 5.61. The fourth-order valence-electron chi connectivity index (χ4n) is 7.16. The van der Waals surface area contributed by atoms with Crippen LogP contribution >= 0.6 is 0 Å². The van der Waals surface area contributed by atoms with E-state index in [0.29, 0.717) is 52.6 Å². The van der Waals surface area contributed by atoms with Gasteiger partial charge in [0, 0.05) is 56.8 Å². The quantitative estimate of drug-likeness (QED) is 0.478. The number of fused-ring (bicyclic) bond motifs is 5. The number of amides is 2. The predicted octanol–water partition coefficient (Wildman–Crippen LogP) is 3.28. The van der Waals surface area contributed by atoms with E-state index in [4.69, 9.17) is 9.97 Å². The molecule has 4 aliphatic rings. The van der Waals surface area contributed by atoms with Gasteiger partial charge < -0.3 is 25.4 Å². The molecule has 2 aliphatic carbocycles. The summed E-state index contributed by atoms with van der Waals surface area (Å²) in [6, 6.07) is 6.35. The van der Waals surface area contributed by atoms with Crippen molar-refractivity contribution < 1.29 is 9.59 Å². The normalized spacial score (nSPS) is 27.7. The fourth-order valence-corrected chi connectivity index (χ4v) is 7.16. The Morgan fingerprint density at radius 2 is 1.87 bits per heavy atom. The molecule has 2 saturated heterocycles. The van der Waals surface area contributed by atoms with Crippen molar-refractivity contribution in [3.05, 3.63) is 41.3 Å². The third kappa shape index (κ3) is 4.11. The lowest BCUT2D eigenvalue weighted by Crippen LogP contribution is -2.53. The lowest BCUT2D eigenvalue weighted by molar-refractivity contribution is 0.0697. The number of anilines is 2. The molecule has 2 saturated carbocycles. The number of carbonyl (C=O) groups excluding carboxylic acids is 2. The first-order chi connectivity index (χ1) is 18.4. The van der Waals surface area contributed by atoms with Crippen LogP contribution in [0.3, 0.4) is 0 Å². The number of H-pyrrole nitrogens is 1. The Labute approximate surface area is 221 Å². The molecular formula is C28H34N8O2. The number of piperazine rings is 1. The van der Waals surface area contributed by atoms with Crippen molar-refractivity contribution >= 4 is 34.6 Å². The van der Waals surface area contributed by atoms with Crippen molar-refractivity contribution in [1.29, 1.82) is 0 Å². The topological polar surface area (TPSA) is 119 Å². The van der Waals surface area contributed by atoms with Gasteiger partial charge in [-0.25, -0.2) is 9.97 Å². The monoisotopic (exact) mass is 514 g/mol. The number of rotatable bonds is 5. The van der Waals surface area contributed by atoms with E-state index in [1.165, 1.54) is 19.3 Å². The highest BCUT2D eigenvalue weighted by Crippen LogP contribution is 2.53. The van der Waals surface area contributed by atoms with Crippen LogP contribution in [0.15, 0.2) is 24.4 Å². The van der Waals surface area contributed by atoms with Crippen molar-refractivity contribution in [2.45, 2.75) is 56.5 Å². The summed E-state index contributed by atoms with van der Waals surface area (Å²) in [6.45, 7) is 1.51. The molecule has 0 radical (unpaired) electrons. The summed E-state index contributed by atoms with van der Waals surface area (Å²) in [6.07, 6.45) is 8.85. The molecule has 198 valence electrons. The fraction of sp³-hybridized carbons (Fsp3) is 0.536. The zero-order valence-electron chi connectivity index (χ0n) is 21.9. The Morgan fingerprint density at radius 1 is 1.05 bits per heavy atom. The first-order valence-corrected chi connectivity index (χ1v) is 13.8. The molecule has 5 heterocycles. The standard InChI is InChI=1S/C28H34N8O2/c1-35(2)27(38)22-11-21-24(20-10-15-3-4-16(20)9-15)33-28(34-25(21)31-22)32-23-8-5-17(12-29-23)26(37)36-13-18-6-7-19(14-36)30-18/h5,8,11-12,15-16,18-20,30H,3-4,6-7,9-10,13-14H2,1-2H3,(H2,29,31,32,33,34). The number of hydrogen-bond acceptors (Lipinski definition) is 7. The maximum atomic E-state index is 13.1. The first-order valence-electron chi connectivity index (χ1n) is 13.8. The molecular weight excluding hydrogens is 480 g/mol. The number of aromatic nitrogens is 4. The molecule has 0 spiro atoms. The first kappa shape index (κ1) is 23.6. The SMILES string of the molecule is CN(C)C(=O)c1cc2c(C3CC4CCC3C4)nc(Nc3ccc(C(=O)N4CC5CCC(C4)N5)cn3)nc2[nH]1. The van der Waals surface area contributed by atoms with Crippen molar-refractivity contribution in [2.75, 3.05) is 32.5 Å². The molecule has 3 aromatic heterocycles. The van der Waals surface area contributed by atoms with Gasteiger partial charge in [0.25, 0.3) is 11.8 Å². The molecule has 2 aliphatic heterocycles. The van der Waals surface area contributed by atoms with Crippen molar-refractivity contribution in [3.63, 3.8) is 0 Å². The Hall–Kier alpha value is -3.53. The lowest BCUT2D eigenvalue weighted by atomic mass is 9.85. The molecule has 3 N–H and O–H groups in total. The minimum Gasteiger partial charge on any atom is -0.344 e. The van der Waals surface area contributed by atoms with E-state index in [1.807, 2.05) is 23.1 Å². The van der Waals surface area contributed by atoms with E-state index < -0.39 is 0 Å². The van der Waals surface area contributed by atoms with Gasteiger partial charge in [-0.05, 0) is 62.1 Å². The molecule has 3 aromatic rings. The Bertz CT molecular complexity index is 1390. The van der Waals surface area contributed by atoms with Crippen LogP contribution in [0.25, 0.3) is 11.0 Å². The highest BCUT2D eigenvalue weighted by atomic mass is 16.2. The van der Waals surface area contributed by atoms with Crippen molar-refractivity contribution in [1.82, 2.24) is 35.1 Å². The van der Waals surface area contributed by atoms with Crippen LogP contribution < -0.4 is 10.6 Å². The van der Waals surface area contributed by atoms with Gasteiger partial charge in [-0.15, -0.1) is 0 Å². The van der Waals surface area contributed by atoms with Gasteiger partial charge in [0.1, 0.15) is 17.2 Å². The molecule has 38 heavy (non-hydrogen) atoms. The van der Waals surface area contributed by atoms with Crippen LogP contribution in [0.1, 0.15) is 71.0 Å². The second-order valence-electron chi connectivity index (χ2n) is 11.8. The van der Waals surface area contributed by atoms with Crippen LogP contribution in [-0.4, -0.2) is 80.8 Å². The summed E-state index contributed by atoms with van der Waals surface area (Å²) in [7, 11) is 3.49. The lowest BCUT2D eigenvalue weighted by Gasteiger charge is -2.32. The summed E-state index contributed by atoms with van der Waals surface area (Å²) in [5.74, 6) is 2.75. The highest BCUT2D eigenvalue weighted by molar-refractivity contribution is 5.98. The van der Waals surface area contributed by atoms with Crippen LogP contribution in [0.4, 0.5) is 11.8 Å². The van der Waals surface area contributed by atoms with E-state index in [1.54, 1.807) is 25.2 Å². The smallest absolute Gasteiger partial charge is 0.269 e. The second kappa shape index (κ2) is 9.04. The summed E-state index contributed by atoms with van der Waals surface area (Å²) >= 11 is 0. The van der Waals surface area contributed by atoms with Crippen LogP contribution in [-0.2, 0) is 0 Å². The molecule has 4 bridgehead atoms. The summed E-state index contributed by atoms with van der Waals surface area (Å²) in [5.41, 5.74) is 2.78. The van der Waals surface area contributed by atoms with E-state index >= 15 is 0 Å². The Balaban J connectivity index is 1.16. The number of nitrogens with one attached hydrogen (secondary N) is 3. The van der Waals surface area contributed by atoms with Crippen molar-refractivity contribution in [3.8, 4) is 0 Å². The minimum atomic E-state index is -0.0872. The zero-order valence-corrected chi connectivity index (χ0v) is 21.9. The predicted molar refractivity (Wildman–Crippen MR) is 143 cm³/mol. The molecule has 10 heteroatoms. The molecule has 10 nitrogen and oxygen atoms in total. The van der Waals surface area contributed by atoms with Gasteiger partial charge in [-0.3, -0.25) is 9.59 Å². The van der Waals surface area contributed by atoms with E-state index in [9.17, 15) is 9.59 Å². The summed E-state index contributed by atoms with van der Waals surface area (Å²) in [4.78, 5) is 46.7. The van der Waals surface area contributed by atoms with Crippen LogP contribution in [0, 0.1) is 11.8 Å². The van der Waals surface area contributed by atoms with Gasteiger partial charge in [0.2, 0.25) is 5.95 Å². The maximum absolute atomic E-state index is 13.1. The summed E-state index contributed by atoms with van der Waals surface area (Å²) < 4.78 is 0. The average Bonchev–Trinajstić information content (AvgIpc) is 3.72. The number of hydrogen-bond donors (Lipinski definition) is 3. The zero-order chi connectivity index (χ0) is 26.0. The third-order valence-electron chi connectivity index (χ3n) is 9.00. The number of likely N-dealkylation sites (tertiary alicyclic amines) is 1. The third-order valence-corrected chi connectivity index (χ3v) is 9.00. The van der Waals surface area contributed by atoms with Crippen LogP contribution in [0.5, 0.6) is 0 Å². The minimum absolute atomic E-state index is 0.0307. The average molecular weight is 515 g/mol. The van der Waals surface area contributed by atoms with E-state index in [2.05, 4.69) is 20.6 Å². The Morgan fingerprint density at radius 3 is 2.53 bits per heavy atom. The molecule has 4 fully saturated rings. The number of nitrogens with zero attached hydrogens (tertiary/aromatic N) is 5. The highest BCUT2D eigenvalue weighted by Gasteiger charge is 2.42. The summed E-state index contributed by atoms with van der Waals surface area (Å²) in [5, 5.41) is 7.74. The molecule has 0 aromatic carbocycles. The molecule has 5 atom stereocenters. The molecule has 7 rings (SSSR count). The van der Waals surface area contributed by atoms with Gasteiger partial charge >= 0.3 is 0 Å². The maximum Gasteiger partial charge on any atom is 0.269 e. The van der Waals surface area contributed by atoms with Crippen molar-refractivity contribution in [2.24, 2.45) is 11.8 Å². The van der Waals surface area contributed by atoms with Crippen LogP contribution in [0.2, 0.25) is 0 Å². The number of aromatic amines is 1. The van der Waals surface area contributed by atoms with Gasteiger partial charge in [0.15, 0.2) is 0 Å². The van der Waals surface area contributed by atoms with Gasteiger partial charge in [-0.2, -0.15) is 4.98 Å². The largest absolute Gasteiger partial charge is 0.344 e. The van der Waals surface area contributed by atoms with E-state index in [0.717, 1.165) is 49.4 Å². The van der Waals surface area contributed by atoms with Gasteiger partial charge in [0.05, 0.1) is 11.3 Å².